The molecule has 5 atom stereocenters. The maximum absolute atomic E-state index is 10.4. The van der Waals surface area contributed by atoms with Crippen molar-refractivity contribution in [3.63, 3.8) is 0 Å². The van der Waals surface area contributed by atoms with Gasteiger partial charge in [0.1, 0.15) is 41.5 Å². The standard InChI is InChI=1S/C16H18ClN3O4S/c1-7(25)9(21)10-11-12(24-16(2,3)23-11)15(22-10)20-5-4-8-13(17)18-6-19-14(8)20/h4-6,9-12,15,21,25H,1H2,2-3H3/t9-,10-,11-,12-,15-/m1/s1. The van der Waals surface area contributed by atoms with E-state index in [0.29, 0.717) is 21.1 Å². The third-order valence-electron chi connectivity index (χ3n) is 4.45. The monoisotopic (exact) mass is 383 g/mol. The lowest BCUT2D eigenvalue weighted by Crippen LogP contribution is -2.38. The normalized spacial score (nSPS) is 32.0. The van der Waals surface area contributed by atoms with Crippen molar-refractivity contribution in [2.45, 2.75) is 50.3 Å². The molecule has 0 spiro atoms. The van der Waals surface area contributed by atoms with Gasteiger partial charge in [-0.3, -0.25) is 0 Å². The number of thiol groups is 1. The number of hydrogen-bond acceptors (Lipinski definition) is 7. The Balaban J connectivity index is 1.76. The quantitative estimate of drug-likeness (QED) is 0.625. The molecule has 2 saturated heterocycles. The Hall–Kier alpha value is -1.16. The van der Waals surface area contributed by atoms with Crippen molar-refractivity contribution < 1.29 is 19.3 Å². The topological polar surface area (TPSA) is 78.6 Å². The van der Waals surface area contributed by atoms with Crippen molar-refractivity contribution in [3.05, 3.63) is 35.2 Å². The molecule has 4 rings (SSSR count). The molecule has 2 aliphatic rings. The van der Waals surface area contributed by atoms with E-state index in [4.69, 9.17) is 25.8 Å². The van der Waals surface area contributed by atoms with Crippen LogP contribution in [-0.2, 0) is 14.2 Å². The molecule has 0 unspecified atom stereocenters. The van der Waals surface area contributed by atoms with Crippen molar-refractivity contribution >= 4 is 35.3 Å². The molecule has 0 amide bonds. The van der Waals surface area contributed by atoms with E-state index in [1.165, 1.54) is 6.33 Å². The van der Waals surface area contributed by atoms with Crippen molar-refractivity contribution in [1.82, 2.24) is 14.5 Å². The molecule has 25 heavy (non-hydrogen) atoms. The Morgan fingerprint density at radius 3 is 2.84 bits per heavy atom. The average Bonchev–Trinajstić information content (AvgIpc) is 3.17. The molecule has 7 nitrogen and oxygen atoms in total. The summed E-state index contributed by atoms with van der Waals surface area (Å²) in [6.45, 7) is 7.35. The molecule has 4 heterocycles. The molecule has 2 aromatic heterocycles. The van der Waals surface area contributed by atoms with Crippen molar-refractivity contribution in [1.29, 1.82) is 0 Å². The molecular weight excluding hydrogens is 366 g/mol. The predicted octanol–water partition coefficient (Wildman–Crippen LogP) is 2.31. The second kappa shape index (κ2) is 5.94. The zero-order chi connectivity index (χ0) is 17.9. The molecule has 0 bridgehead atoms. The first-order valence-corrected chi connectivity index (χ1v) is 8.65. The Morgan fingerprint density at radius 2 is 2.12 bits per heavy atom. The summed E-state index contributed by atoms with van der Waals surface area (Å²) in [6.07, 6.45) is 0.134. The SMILES string of the molecule is C=C(S)[C@@H](O)[C@H]1O[C@@H](n2ccc3c(Cl)ncnc32)[C@@H]2OC(C)(C)O[C@@H]21. The zero-order valence-electron chi connectivity index (χ0n) is 13.7. The van der Waals surface area contributed by atoms with Crippen LogP contribution in [0, 0.1) is 0 Å². The highest BCUT2D eigenvalue weighted by molar-refractivity contribution is 7.84. The number of hydrogen-bond donors (Lipinski definition) is 2. The highest BCUT2D eigenvalue weighted by atomic mass is 35.5. The smallest absolute Gasteiger partial charge is 0.164 e. The Bertz CT molecular complexity index is 842. The van der Waals surface area contributed by atoms with Crippen LogP contribution in [-0.4, -0.2) is 49.8 Å². The summed E-state index contributed by atoms with van der Waals surface area (Å²) < 4.78 is 19.9. The lowest BCUT2D eigenvalue weighted by Gasteiger charge is -2.27. The summed E-state index contributed by atoms with van der Waals surface area (Å²) in [6, 6.07) is 1.82. The van der Waals surface area contributed by atoms with E-state index < -0.39 is 36.4 Å². The van der Waals surface area contributed by atoms with E-state index >= 15 is 0 Å². The molecule has 134 valence electrons. The van der Waals surface area contributed by atoms with Gasteiger partial charge in [0.05, 0.1) is 5.39 Å². The van der Waals surface area contributed by atoms with E-state index in [2.05, 4.69) is 29.2 Å². The van der Waals surface area contributed by atoms with Crippen LogP contribution in [0.15, 0.2) is 30.1 Å². The molecule has 2 fully saturated rings. The highest BCUT2D eigenvalue weighted by Crippen LogP contribution is 2.45. The first-order chi connectivity index (χ1) is 11.8. The summed E-state index contributed by atoms with van der Waals surface area (Å²) in [4.78, 5) is 8.59. The lowest BCUT2D eigenvalue weighted by atomic mass is 10.1. The van der Waals surface area contributed by atoms with Gasteiger partial charge in [-0.2, -0.15) is 0 Å². The molecule has 0 aliphatic carbocycles. The summed E-state index contributed by atoms with van der Waals surface area (Å²) in [5, 5.41) is 11.5. The molecule has 2 aliphatic heterocycles. The van der Waals surface area contributed by atoms with Gasteiger partial charge in [-0.05, 0) is 19.9 Å². The van der Waals surface area contributed by atoms with Crippen molar-refractivity contribution in [2.24, 2.45) is 0 Å². The average molecular weight is 384 g/mol. The fourth-order valence-corrected chi connectivity index (χ4v) is 3.76. The molecule has 1 N–H and O–H groups in total. The number of nitrogens with zero attached hydrogens (tertiary/aromatic N) is 3. The van der Waals surface area contributed by atoms with Gasteiger partial charge in [0, 0.05) is 11.1 Å². The first kappa shape index (κ1) is 17.3. The van der Waals surface area contributed by atoms with Crippen LogP contribution in [0.2, 0.25) is 5.15 Å². The van der Waals surface area contributed by atoms with Crippen molar-refractivity contribution in [3.8, 4) is 0 Å². The number of aliphatic hydroxyl groups is 1. The van der Waals surface area contributed by atoms with Crippen LogP contribution < -0.4 is 0 Å². The first-order valence-electron chi connectivity index (χ1n) is 7.82. The number of halogens is 1. The minimum absolute atomic E-state index is 0.306. The highest BCUT2D eigenvalue weighted by Gasteiger charge is 2.58. The van der Waals surface area contributed by atoms with E-state index in [1.807, 2.05) is 30.7 Å². The van der Waals surface area contributed by atoms with Crippen LogP contribution >= 0.6 is 24.2 Å². The van der Waals surface area contributed by atoms with Gasteiger partial charge in [0.2, 0.25) is 0 Å². The van der Waals surface area contributed by atoms with Crippen LogP contribution in [0.3, 0.4) is 0 Å². The third kappa shape index (κ3) is 2.77. The maximum Gasteiger partial charge on any atom is 0.164 e. The van der Waals surface area contributed by atoms with Gasteiger partial charge in [-0.25, -0.2) is 9.97 Å². The minimum Gasteiger partial charge on any atom is -0.385 e. The molecule has 9 heteroatoms. The fraction of sp³-hybridized carbons (Fsp3) is 0.500. The second-order valence-electron chi connectivity index (χ2n) is 6.62. The molecule has 0 radical (unpaired) electrons. The van der Waals surface area contributed by atoms with E-state index in [9.17, 15) is 5.11 Å². The fourth-order valence-electron chi connectivity index (χ4n) is 3.42. The Labute approximate surface area is 155 Å². The second-order valence-corrected chi connectivity index (χ2v) is 7.55. The number of fused-ring (bicyclic) bond motifs is 2. The Morgan fingerprint density at radius 1 is 1.40 bits per heavy atom. The van der Waals surface area contributed by atoms with Crippen molar-refractivity contribution in [2.75, 3.05) is 0 Å². The van der Waals surface area contributed by atoms with Gasteiger partial charge >= 0.3 is 0 Å². The van der Waals surface area contributed by atoms with Gasteiger partial charge in [-0.1, -0.05) is 18.2 Å². The van der Waals surface area contributed by atoms with Crippen LogP contribution in [0.25, 0.3) is 11.0 Å². The molecule has 0 saturated carbocycles. The van der Waals surface area contributed by atoms with Gasteiger partial charge < -0.3 is 23.9 Å². The molecule has 2 aromatic rings. The largest absolute Gasteiger partial charge is 0.385 e. The summed E-state index contributed by atoms with van der Waals surface area (Å²) in [5.41, 5.74) is 0.622. The van der Waals surface area contributed by atoms with E-state index in [0.717, 1.165) is 0 Å². The van der Waals surface area contributed by atoms with Gasteiger partial charge in [0.25, 0.3) is 0 Å². The van der Waals surface area contributed by atoms with Gasteiger partial charge in [0.15, 0.2) is 12.0 Å². The van der Waals surface area contributed by atoms with Gasteiger partial charge in [-0.15, -0.1) is 12.6 Å². The predicted molar refractivity (Wildman–Crippen MR) is 94.4 cm³/mol. The lowest BCUT2D eigenvalue weighted by molar-refractivity contribution is -0.204. The molecular formula is C16H18ClN3O4S. The Kier molecular flexibility index (Phi) is 4.10. The maximum atomic E-state index is 10.4. The summed E-state index contributed by atoms with van der Waals surface area (Å²) in [5.74, 6) is -0.789. The summed E-state index contributed by atoms with van der Waals surface area (Å²) in [7, 11) is 0. The zero-order valence-corrected chi connectivity index (χ0v) is 15.3. The number of rotatable bonds is 3. The number of aliphatic hydroxyl groups excluding tert-OH is 1. The summed E-state index contributed by atoms with van der Waals surface area (Å²) >= 11 is 10.3. The van der Waals surface area contributed by atoms with Crippen LogP contribution in [0.5, 0.6) is 0 Å². The van der Waals surface area contributed by atoms with Crippen LogP contribution in [0.4, 0.5) is 0 Å². The number of aromatic nitrogens is 3. The van der Waals surface area contributed by atoms with Crippen LogP contribution in [0.1, 0.15) is 20.1 Å². The van der Waals surface area contributed by atoms with E-state index in [1.54, 1.807) is 0 Å². The molecule has 0 aromatic carbocycles. The number of ether oxygens (including phenoxy) is 3. The minimum atomic E-state index is -0.988. The van der Waals surface area contributed by atoms with E-state index in [-0.39, 0.29) is 0 Å². The third-order valence-corrected chi connectivity index (χ3v) is 5.02.